The van der Waals surface area contributed by atoms with Gasteiger partial charge in [-0.3, -0.25) is 14.4 Å². The van der Waals surface area contributed by atoms with Crippen molar-refractivity contribution < 1.29 is 14.4 Å². The number of nitrogens with one attached hydrogen (secondary N) is 1. The van der Waals surface area contributed by atoms with Gasteiger partial charge in [-0.05, 0) is 61.4 Å². The van der Waals surface area contributed by atoms with E-state index in [4.69, 9.17) is 11.6 Å². The Bertz CT molecular complexity index is 1240. The topological polar surface area (TPSA) is 69.7 Å². The van der Waals surface area contributed by atoms with Gasteiger partial charge in [-0.1, -0.05) is 48.0 Å². The molecule has 3 amide bonds. The number of rotatable bonds is 8. The van der Waals surface area contributed by atoms with Crippen LogP contribution in [0, 0.1) is 0 Å². The summed E-state index contributed by atoms with van der Waals surface area (Å²) in [6.07, 6.45) is 0. The van der Waals surface area contributed by atoms with Gasteiger partial charge in [-0.15, -0.1) is 11.8 Å². The van der Waals surface area contributed by atoms with Crippen LogP contribution >= 0.6 is 23.4 Å². The predicted molar refractivity (Wildman–Crippen MR) is 145 cm³/mol. The van der Waals surface area contributed by atoms with E-state index in [0.717, 1.165) is 11.1 Å². The molecule has 0 radical (unpaired) electrons. The molecule has 0 bridgehead atoms. The van der Waals surface area contributed by atoms with Crippen molar-refractivity contribution in [3.8, 4) is 0 Å². The van der Waals surface area contributed by atoms with Crippen LogP contribution in [0.1, 0.15) is 51.1 Å². The molecule has 0 aliphatic carbocycles. The fourth-order valence-electron chi connectivity index (χ4n) is 4.14. The van der Waals surface area contributed by atoms with Gasteiger partial charge in [0.1, 0.15) is 5.37 Å². The number of hydrogen-bond acceptors (Lipinski definition) is 4. The molecule has 1 heterocycles. The van der Waals surface area contributed by atoms with Gasteiger partial charge in [-0.25, -0.2) is 0 Å². The minimum Gasteiger partial charge on any atom is -0.339 e. The van der Waals surface area contributed by atoms with E-state index in [1.165, 1.54) is 0 Å². The maximum absolute atomic E-state index is 13.0. The Hall–Kier alpha value is -3.29. The molecule has 1 N–H and O–H groups in total. The first-order valence-corrected chi connectivity index (χ1v) is 13.3. The summed E-state index contributed by atoms with van der Waals surface area (Å²) >= 11 is 7.56. The summed E-state index contributed by atoms with van der Waals surface area (Å²) in [5.74, 6) is 0.0819. The monoisotopic (exact) mass is 521 g/mol. The zero-order valence-corrected chi connectivity index (χ0v) is 21.8. The van der Waals surface area contributed by atoms with Crippen LogP contribution in [0.3, 0.4) is 0 Å². The van der Waals surface area contributed by atoms with Crippen molar-refractivity contribution in [1.29, 1.82) is 0 Å². The van der Waals surface area contributed by atoms with Crippen LogP contribution in [-0.4, -0.2) is 46.4 Å². The first-order valence-electron chi connectivity index (χ1n) is 11.9. The zero-order chi connectivity index (χ0) is 25.7. The molecule has 0 spiro atoms. The lowest BCUT2D eigenvalue weighted by atomic mass is 10.1. The highest BCUT2D eigenvalue weighted by Gasteiger charge is 2.32. The summed E-state index contributed by atoms with van der Waals surface area (Å²) in [5, 5.41) is 3.42. The van der Waals surface area contributed by atoms with Crippen molar-refractivity contribution >= 4 is 46.8 Å². The molecule has 0 aromatic heterocycles. The number of thioether (sulfide) groups is 1. The van der Waals surface area contributed by atoms with Gasteiger partial charge in [0.2, 0.25) is 5.91 Å². The van der Waals surface area contributed by atoms with E-state index in [-0.39, 0.29) is 23.1 Å². The Morgan fingerprint density at radius 3 is 2.33 bits per heavy atom. The highest BCUT2D eigenvalue weighted by molar-refractivity contribution is 8.00. The second-order valence-electron chi connectivity index (χ2n) is 8.41. The predicted octanol–water partition coefficient (Wildman–Crippen LogP) is 5.85. The van der Waals surface area contributed by atoms with E-state index < -0.39 is 0 Å². The Labute approximate surface area is 220 Å². The molecule has 1 atom stereocenters. The van der Waals surface area contributed by atoms with E-state index >= 15 is 0 Å². The Kier molecular flexibility index (Phi) is 8.33. The lowest BCUT2D eigenvalue weighted by molar-refractivity contribution is -0.128. The van der Waals surface area contributed by atoms with Crippen molar-refractivity contribution in [3.05, 3.63) is 100 Å². The number of amides is 3. The SMILES string of the molecule is CCN(CC)C(=O)c1ccccc1NC(=O)c1ccc([C@@H]2SCC(=O)N2Cc2ccc(Cl)cc2)cc1. The average molecular weight is 522 g/mol. The summed E-state index contributed by atoms with van der Waals surface area (Å²) in [5.41, 5.74) is 3.38. The molecule has 0 saturated carbocycles. The molecule has 0 unspecified atom stereocenters. The van der Waals surface area contributed by atoms with E-state index in [0.29, 0.717) is 47.2 Å². The third-order valence-electron chi connectivity index (χ3n) is 6.15. The number of hydrogen-bond donors (Lipinski definition) is 1. The number of nitrogens with zero attached hydrogens (tertiary/aromatic N) is 2. The summed E-state index contributed by atoms with van der Waals surface area (Å²) in [4.78, 5) is 42.0. The average Bonchev–Trinajstić information content (AvgIpc) is 3.26. The molecular formula is C28H28ClN3O3S. The van der Waals surface area contributed by atoms with Crippen molar-refractivity contribution in [3.63, 3.8) is 0 Å². The number of benzene rings is 3. The summed E-state index contributed by atoms with van der Waals surface area (Å²) < 4.78 is 0. The molecule has 3 aromatic rings. The van der Waals surface area contributed by atoms with Crippen LogP contribution in [0.2, 0.25) is 5.02 Å². The highest BCUT2D eigenvalue weighted by atomic mass is 35.5. The largest absolute Gasteiger partial charge is 0.339 e. The van der Waals surface area contributed by atoms with Gasteiger partial charge in [0.05, 0.1) is 17.0 Å². The first kappa shape index (κ1) is 25.8. The Balaban J connectivity index is 1.48. The molecule has 1 aliphatic heterocycles. The third kappa shape index (κ3) is 5.74. The fourth-order valence-corrected chi connectivity index (χ4v) is 5.45. The van der Waals surface area contributed by atoms with Crippen LogP contribution in [0.4, 0.5) is 5.69 Å². The molecule has 1 fully saturated rings. The molecule has 3 aromatic carbocycles. The second kappa shape index (κ2) is 11.6. The molecule has 4 rings (SSSR count). The van der Waals surface area contributed by atoms with Crippen LogP contribution in [0.15, 0.2) is 72.8 Å². The minimum atomic E-state index is -0.297. The van der Waals surface area contributed by atoms with Crippen molar-refractivity contribution in [2.24, 2.45) is 0 Å². The summed E-state index contributed by atoms with van der Waals surface area (Å²) in [6.45, 7) is 5.53. The standard InChI is InChI=1S/C28H28ClN3O3S/c1-3-31(4-2)27(35)23-7-5-6-8-24(23)30-26(34)20-11-13-21(14-12-20)28-32(25(33)18-36-28)17-19-9-15-22(29)16-10-19/h5-16,28H,3-4,17-18H2,1-2H3,(H,30,34)/t28-/m0/s1. The van der Waals surface area contributed by atoms with Gasteiger partial charge < -0.3 is 15.1 Å². The smallest absolute Gasteiger partial charge is 0.255 e. The normalized spacial score (nSPS) is 15.1. The Morgan fingerprint density at radius 2 is 1.67 bits per heavy atom. The zero-order valence-electron chi connectivity index (χ0n) is 20.2. The highest BCUT2D eigenvalue weighted by Crippen LogP contribution is 2.39. The number of anilines is 1. The molecule has 6 nitrogen and oxygen atoms in total. The van der Waals surface area contributed by atoms with Crippen LogP contribution in [0.25, 0.3) is 0 Å². The van der Waals surface area contributed by atoms with E-state index in [9.17, 15) is 14.4 Å². The summed E-state index contributed by atoms with van der Waals surface area (Å²) in [6, 6.07) is 21.8. The lowest BCUT2D eigenvalue weighted by Gasteiger charge is -2.24. The molecule has 8 heteroatoms. The maximum Gasteiger partial charge on any atom is 0.255 e. The van der Waals surface area contributed by atoms with Gasteiger partial charge in [0, 0.05) is 30.2 Å². The van der Waals surface area contributed by atoms with Crippen LogP contribution < -0.4 is 5.32 Å². The molecular weight excluding hydrogens is 494 g/mol. The first-order chi connectivity index (χ1) is 17.4. The summed E-state index contributed by atoms with van der Waals surface area (Å²) in [7, 11) is 0. The minimum absolute atomic E-state index is 0.0799. The molecule has 36 heavy (non-hydrogen) atoms. The van der Waals surface area contributed by atoms with Gasteiger partial charge in [0.25, 0.3) is 11.8 Å². The van der Waals surface area contributed by atoms with Gasteiger partial charge in [0.15, 0.2) is 0 Å². The molecule has 1 aliphatic rings. The van der Waals surface area contributed by atoms with Crippen LogP contribution in [0.5, 0.6) is 0 Å². The van der Waals surface area contributed by atoms with Crippen LogP contribution in [-0.2, 0) is 11.3 Å². The second-order valence-corrected chi connectivity index (χ2v) is 9.92. The van der Waals surface area contributed by atoms with Crippen molar-refractivity contribution in [2.75, 3.05) is 24.2 Å². The van der Waals surface area contributed by atoms with Gasteiger partial charge >= 0.3 is 0 Å². The molecule has 1 saturated heterocycles. The van der Waals surface area contributed by atoms with E-state index in [1.807, 2.05) is 55.1 Å². The quantitative estimate of drug-likeness (QED) is 0.404. The molecule has 186 valence electrons. The van der Waals surface area contributed by atoms with Crippen molar-refractivity contribution in [2.45, 2.75) is 25.8 Å². The van der Waals surface area contributed by atoms with E-state index in [1.54, 1.807) is 53.1 Å². The number of para-hydroxylation sites is 1. The Morgan fingerprint density at radius 1 is 1.00 bits per heavy atom. The number of halogens is 1. The maximum atomic E-state index is 13.0. The van der Waals surface area contributed by atoms with Crippen molar-refractivity contribution in [1.82, 2.24) is 9.80 Å². The third-order valence-corrected chi connectivity index (χ3v) is 7.66. The van der Waals surface area contributed by atoms with E-state index in [2.05, 4.69) is 5.32 Å². The fraction of sp³-hybridized carbons (Fsp3) is 0.250. The number of carbonyl (C=O) groups excluding carboxylic acids is 3. The van der Waals surface area contributed by atoms with Gasteiger partial charge in [-0.2, -0.15) is 0 Å². The lowest BCUT2D eigenvalue weighted by Crippen LogP contribution is -2.31. The number of carbonyl (C=O) groups is 3.